The van der Waals surface area contributed by atoms with E-state index in [1.54, 1.807) is 10.7 Å². The summed E-state index contributed by atoms with van der Waals surface area (Å²) in [7, 11) is 0. The van der Waals surface area contributed by atoms with Crippen LogP contribution in [-0.2, 0) is 0 Å². The van der Waals surface area contributed by atoms with Gasteiger partial charge in [0.05, 0.1) is 6.20 Å². The van der Waals surface area contributed by atoms with Crippen molar-refractivity contribution in [2.45, 2.75) is 5.16 Å². The summed E-state index contributed by atoms with van der Waals surface area (Å²) in [5, 5.41) is 5.06. The third kappa shape index (κ3) is 1.70. The van der Waals surface area contributed by atoms with E-state index in [1.807, 2.05) is 36.6 Å². The average Bonchev–Trinajstić information content (AvgIpc) is 2.82. The van der Waals surface area contributed by atoms with Crippen LogP contribution in [-0.4, -0.2) is 25.8 Å². The van der Waals surface area contributed by atoms with Crippen molar-refractivity contribution >= 4 is 23.4 Å². The molecular formula is C12H11N5S. The van der Waals surface area contributed by atoms with Crippen molar-refractivity contribution in [1.29, 1.82) is 0 Å². The third-order valence-electron chi connectivity index (χ3n) is 2.62. The Morgan fingerprint density at radius 2 is 1.94 bits per heavy atom. The van der Waals surface area contributed by atoms with Gasteiger partial charge in [0.2, 0.25) is 5.95 Å². The Morgan fingerprint density at radius 3 is 2.67 bits per heavy atom. The molecule has 0 radical (unpaired) electrons. The molecule has 0 spiro atoms. The number of benzene rings is 1. The van der Waals surface area contributed by atoms with Crippen LogP contribution in [0.3, 0.4) is 0 Å². The van der Waals surface area contributed by atoms with E-state index in [0.29, 0.717) is 0 Å². The number of nitrogens with zero attached hydrogens (tertiary/aromatic N) is 4. The van der Waals surface area contributed by atoms with Crippen molar-refractivity contribution in [3.63, 3.8) is 0 Å². The molecule has 90 valence electrons. The maximum Gasteiger partial charge on any atom is 0.224 e. The van der Waals surface area contributed by atoms with E-state index in [4.69, 9.17) is 5.73 Å². The zero-order valence-electron chi connectivity index (χ0n) is 9.74. The highest BCUT2D eigenvalue weighted by atomic mass is 32.2. The molecule has 0 amide bonds. The molecule has 1 aromatic carbocycles. The minimum atomic E-state index is 0.268. The standard InChI is InChI=1S/C12H11N5S/c1-18-12-16-11(13)15-10-9(7-14-17(10)12)8-5-3-2-4-6-8/h2-7H,1H3,(H2,13,15). The second-order valence-electron chi connectivity index (χ2n) is 3.73. The van der Waals surface area contributed by atoms with Crippen LogP contribution in [0.2, 0.25) is 0 Å². The van der Waals surface area contributed by atoms with Crippen molar-refractivity contribution in [1.82, 2.24) is 19.6 Å². The summed E-state index contributed by atoms with van der Waals surface area (Å²) < 4.78 is 1.71. The lowest BCUT2D eigenvalue weighted by Crippen LogP contribution is -2.03. The maximum atomic E-state index is 5.73. The van der Waals surface area contributed by atoms with Gasteiger partial charge in [0, 0.05) is 5.56 Å². The molecular weight excluding hydrogens is 246 g/mol. The SMILES string of the molecule is CSc1nc(N)nc2c(-c3ccccc3)cnn12. The number of aromatic nitrogens is 4. The molecule has 2 heterocycles. The molecule has 2 aromatic heterocycles. The van der Waals surface area contributed by atoms with Gasteiger partial charge in [-0.25, -0.2) is 0 Å². The minimum Gasteiger partial charge on any atom is -0.368 e. The quantitative estimate of drug-likeness (QED) is 0.712. The van der Waals surface area contributed by atoms with Crippen molar-refractivity contribution < 1.29 is 0 Å². The van der Waals surface area contributed by atoms with Gasteiger partial charge in [-0.05, 0) is 11.8 Å². The van der Waals surface area contributed by atoms with Crippen LogP contribution < -0.4 is 5.73 Å². The molecule has 3 rings (SSSR count). The summed E-state index contributed by atoms with van der Waals surface area (Å²) >= 11 is 1.49. The van der Waals surface area contributed by atoms with Gasteiger partial charge in [0.15, 0.2) is 10.8 Å². The number of rotatable bonds is 2. The number of fused-ring (bicyclic) bond motifs is 1. The number of nitrogen functional groups attached to an aromatic ring is 1. The van der Waals surface area contributed by atoms with E-state index >= 15 is 0 Å². The second-order valence-corrected chi connectivity index (χ2v) is 4.50. The normalized spacial score (nSPS) is 10.9. The van der Waals surface area contributed by atoms with Gasteiger partial charge in [0.1, 0.15) is 0 Å². The first-order chi connectivity index (χ1) is 8.79. The monoisotopic (exact) mass is 257 g/mol. The van der Waals surface area contributed by atoms with Crippen molar-refractivity contribution in [2.75, 3.05) is 12.0 Å². The van der Waals surface area contributed by atoms with Crippen LogP contribution in [0.1, 0.15) is 0 Å². The van der Waals surface area contributed by atoms with Gasteiger partial charge in [-0.3, -0.25) is 0 Å². The first-order valence-corrected chi connectivity index (χ1v) is 6.62. The molecule has 0 unspecified atom stereocenters. The van der Waals surface area contributed by atoms with Gasteiger partial charge in [-0.1, -0.05) is 42.1 Å². The molecule has 2 N–H and O–H groups in total. The average molecular weight is 257 g/mol. The lowest BCUT2D eigenvalue weighted by Gasteiger charge is -2.02. The number of hydrogen-bond donors (Lipinski definition) is 1. The smallest absolute Gasteiger partial charge is 0.224 e. The summed E-state index contributed by atoms with van der Waals surface area (Å²) in [6.45, 7) is 0. The van der Waals surface area contributed by atoms with Gasteiger partial charge in [-0.15, -0.1) is 0 Å². The molecule has 5 nitrogen and oxygen atoms in total. The zero-order chi connectivity index (χ0) is 12.5. The Hall–Kier alpha value is -2.08. The Bertz CT molecular complexity index is 692. The first-order valence-electron chi connectivity index (χ1n) is 5.40. The van der Waals surface area contributed by atoms with E-state index in [2.05, 4.69) is 15.1 Å². The van der Waals surface area contributed by atoms with Gasteiger partial charge < -0.3 is 5.73 Å². The van der Waals surface area contributed by atoms with E-state index in [0.717, 1.165) is 21.9 Å². The summed E-state index contributed by atoms with van der Waals surface area (Å²) in [6.07, 6.45) is 3.73. The molecule has 3 aromatic rings. The third-order valence-corrected chi connectivity index (χ3v) is 3.25. The van der Waals surface area contributed by atoms with Gasteiger partial charge in [-0.2, -0.15) is 19.6 Å². The van der Waals surface area contributed by atoms with Crippen LogP contribution in [0, 0.1) is 0 Å². The first kappa shape index (κ1) is 11.0. The predicted molar refractivity (Wildman–Crippen MR) is 72.4 cm³/mol. The summed E-state index contributed by atoms with van der Waals surface area (Å²) in [5.41, 5.74) is 8.49. The second kappa shape index (κ2) is 4.30. The van der Waals surface area contributed by atoms with Crippen molar-refractivity contribution in [3.05, 3.63) is 36.5 Å². The minimum absolute atomic E-state index is 0.268. The summed E-state index contributed by atoms with van der Waals surface area (Å²) in [6, 6.07) is 9.99. The lowest BCUT2D eigenvalue weighted by atomic mass is 10.1. The highest BCUT2D eigenvalue weighted by Gasteiger charge is 2.12. The molecule has 0 bridgehead atoms. The Morgan fingerprint density at radius 1 is 1.17 bits per heavy atom. The van der Waals surface area contributed by atoms with E-state index in [9.17, 15) is 0 Å². The maximum absolute atomic E-state index is 5.73. The van der Waals surface area contributed by atoms with E-state index in [1.165, 1.54) is 11.8 Å². The number of hydrogen-bond acceptors (Lipinski definition) is 5. The number of anilines is 1. The lowest BCUT2D eigenvalue weighted by molar-refractivity contribution is 0.778. The molecule has 0 saturated carbocycles. The molecule has 0 atom stereocenters. The number of thioether (sulfide) groups is 1. The van der Waals surface area contributed by atoms with Crippen LogP contribution in [0.25, 0.3) is 16.8 Å². The van der Waals surface area contributed by atoms with Crippen molar-refractivity contribution in [2.24, 2.45) is 0 Å². The van der Waals surface area contributed by atoms with Crippen LogP contribution in [0.15, 0.2) is 41.7 Å². The highest BCUT2D eigenvalue weighted by molar-refractivity contribution is 7.98. The predicted octanol–water partition coefficient (Wildman–Crippen LogP) is 2.10. The van der Waals surface area contributed by atoms with Crippen LogP contribution >= 0.6 is 11.8 Å². The fourth-order valence-corrected chi connectivity index (χ4v) is 2.31. The molecule has 18 heavy (non-hydrogen) atoms. The fourth-order valence-electron chi connectivity index (χ4n) is 1.82. The van der Waals surface area contributed by atoms with Gasteiger partial charge >= 0.3 is 0 Å². The van der Waals surface area contributed by atoms with E-state index < -0.39 is 0 Å². The fraction of sp³-hybridized carbons (Fsp3) is 0.0833. The summed E-state index contributed by atoms with van der Waals surface area (Å²) in [5.74, 6) is 0.268. The topological polar surface area (TPSA) is 69.1 Å². The molecule has 6 heteroatoms. The Balaban J connectivity index is 2.30. The van der Waals surface area contributed by atoms with Crippen molar-refractivity contribution in [3.8, 4) is 11.1 Å². The molecule has 0 aliphatic heterocycles. The molecule has 0 fully saturated rings. The molecule has 0 aliphatic rings. The molecule has 0 saturated heterocycles. The Kier molecular flexibility index (Phi) is 2.64. The summed E-state index contributed by atoms with van der Waals surface area (Å²) in [4.78, 5) is 8.43. The Labute approximate surface area is 108 Å². The van der Waals surface area contributed by atoms with Crippen LogP contribution in [0.4, 0.5) is 5.95 Å². The highest BCUT2D eigenvalue weighted by Crippen LogP contribution is 2.25. The zero-order valence-corrected chi connectivity index (χ0v) is 10.6. The number of nitrogens with two attached hydrogens (primary N) is 1. The molecule has 0 aliphatic carbocycles. The van der Waals surface area contributed by atoms with Gasteiger partial charge in [0.25, 0.3) is 0 Å². The largest absolute Gasteiger partial charge is 0.368 e. The van der Waals surface area contributed by atoms with E-state index in [-0.39, 0.29) is 5.95 Å². The van der Waals surface area contributed by atoms with Crippen LogP contribution in [0.5, 0.6) is 0 Å².